The molecule has 3 nitrogen and oxygen atoms in total. The summed E-state index contributed by atoms with van der Waals surface area (Å²) >= 11 is 0. The highest BCUT2D eigenvalue weighted by Gasteiger charge is 2.20. The Kier molecular flexibility index (Phi) is 3.99. The standard InChI is InChI=1S/C15H20FNO2/c16-12-6-11(9-17-13-3-4-13)7-15(8-12)19-14-2-1-5-18-10-14/h6-8,13-14,17H,1-5,9-10H2. The monoisotopic (exact) mass is 265 g/mol. The molecule has 1 N–H and O–H groups in total. The van der Waals surface area contributed by atoms with Crippen LogP contribution in [0.4, 0.5) is 4.39 Å². The number of benzene rings is 1. The number of rotatable bonds is 5. The van der Waals surface area contributed by atoms with E-state index in [4.69, 9.17) is 9.47 Å². The summed E-state index contributed by atoms with van der Waals surface area (Å²) in [5.74, 6) is 0.380. The van der Waals surface area contributed by atoms with Crippen molar-refractivity contribution in [3.63, 3.8) is 0 Å². The summed E-state index contributed by atoms with van der Waals surface area (Å²) in [6.07, 6.45) is 4.51. The molecule has 1 heterocycles. The molecule has 2 fully saturated rings. The zero-order chi connectivity index (χ0) is 13.1. The normalized spacial score (nSPS) is 23.3. The van der Waals surface area contributed by atoms with Crippen molar-refractivity contribution >= 4 is 0 Å². The first-order valence-corrected chi connectivity index (χ1v) is 7.07. The van der Waals surface area contributed by atoms with Crippen LogP contribution in [0.1, 0.15) is 31.2 Å². The van der Waals surface area contributed by atoms with Crippen molar-refractivity contribution < 1.29 is 13.9 Å². The Labute approximate surface area is 113 Å². The van der Waals surface area contributed by atoms with Crippen molar-refractivity contribution in [3.05, 3.63) is 29.6 Å². The predicted molar refractivity (Wildman–Crippen MR) is 70.7 cm³/mol. The molecule has 0 spiro atoms. The van der Waals surface area contributed by atoms with E-state index >= 15 is 0 Å². The third kappa shape index (κ3) is 3.91. The smallest absolute Gasteiger partial charge is 0.127 e. The first kappa shape index (κ1) is 12.9. The second-order valence-electron chi connectivity index (χ2n) is 5.41. The second kappa shape index (κ2) is 5.88. The van der Waals surface area contributed by atoms with Gasteiger partial charge in [-0.3, -0.25) is 0 Å². The molecule has 4 heteroatoms. The average molecular weight is 265 g/mol. The van der Waals surface area contributed by atoms with E-state index in [1.54, 1.807) is 6.07 Å². The van der Waals surface area contributed by atoms with Gasteiger partial charge < -0.3 is 14.8 Å². The van der Waals surface area contributed by atoms with Gasteiger partial charge >= 0.3 is 0 Å². The van der Waals surface area contributed by atoms with Gasteiger partial charge in [0.15, 0.2) is 0 Å². The molecule has 1 aliphatic carbocycles. The Hall–Kier alpha value is -1.13. The minimum Gasteiger partial charge on any atom is -0.488 e. The molecule has 2 aliphatic rings. The SMILES string of the molecule is Fc1cc(CNC2CC2)cc(OC2CCCOC2)c1. The van der Waals surface area contributed by atoms with Crippen LogP contribution < -0.4 is 10.1 Å². The molecule has 1 aromatic carbocycles. The maximum absolute atomic E-state index is 13.6. The first-order chi connectivity index (χ1) is 9.29. The highest BCUT2D eigenvalue weighted by molar-refractivity contribution is 5.30. The lowest BCUT2D eigenvalue weighted by Crippen LogP contribution is -2.28. The van der Waals surface area contributed by atoms with Crippen LogP contribution in [0.5, 0.6) is 5.75 Å². The Morgan fingerprint density at radius 1 is 1.26 bits per heavy atom. The van der Waals surface area contributed by atoms with Crippen LogP contribution >= 0.6 is 0 Å². The Balaban J connectivity index is 1.62. The molecule has 1 unspecified atom stereocenters. The van der Waals surface area contributed by atoms with Gasteiger partial charge in [0.05, 0.1) is 6.61 Å². The third-order valence-corrected chi connectivity index (χ3v) is 3.52. The van der Waals surface area contributed by atoms with E-state index < -0.39 is 0 Å². The van der Waals surface area contributed by atoms with Crippen LogP contribution in [0.2, 0.25) is 0 Å². The van der Waals surface area contributed by atoms with Gasteiger partial charge in [0.25, 0.3) is 0 Å². The molecule has 0 aromatic heterocycles. The summed E-state index contributed by atoms with van der Waals surface area (Å²) in [7, 11) is 0. The molecule has 3 rings (SSSR count). The summed E-state index contributed by atoms with van der Waals surface area (Å²) < 4.78 is 24.8. The maximum Gasteiger partial charge on any atom is 0.127 e. The van der Waals surface area contributed by atoms with Crippen LogP contribution in [0.25, 0.3) is 0 Å². The zero-order valence-electron chi connectivity index (χ0n) is 11.0. The van der Waals surface area contributed by atoms with E-state index in [1.165, 1.54) is 18.9 Å². The topological polar surface area (TPSA) is 30.5 Å². The molecular formula is C15H20FNO2. The molecule has 0 amide bonds. The average Bonchev–Trinajstić information content (AvgIpc) is 3.21. The fourth-order valence-corrected chi connectivity index (χ4v) is 2.34. The quantitative estimate of drug-likeness (QED) is 0.887. The second-order valence-corrected chi connectivity index (χ2v) is 5.41. The third-order valence-electron chi connectivity index (χ3n) is 3.52. The van der Waals surface area contributed by atoms with Crippen LogP contribution in [0, 0.1) is 5.82 Å². The van der Waals surface area contributed by atoms with Crippen molar-refractivity contribution in [2.75, 3.05) is 13.2 Å². The lowest BCUT2D eigenvalue weighted by molar-refractivity contribution is 0.00728. The van der Waals surface area contributed by atoms with Gasteiger partial charge in [-0.1, -0.05) is 0 Å². The molecule has 1 saturated carbocycles. The largest absolute Gasteiger partial charge is 0.488 e. The summed E-state index contributed by atoms with van der Waals surface area (Å²) in [5.41, 5.74) is 0.943. The number of hydrogen-bond acceptors (Lipinski definition) is 3. The number of halogens is 1. The molecule has 1 atom stereocenters. The molecule has 1 saturated heterocycles. The fraction of sp³-hybridized carbons (Fsp3) is 0.600. The highest BCUT2D eigenvalue weighted by atomic mass is 19.1. The fourth-order valence-electron chi connectivity index (χ4n) is 2.34. The Morgan fingerprint density at radius 3 is 2.89 bits per heavy atom. The summed E-state index contributed by atoms with van der Waals surface area (Å²) in [4.78, 5) is 0. The van der Waals surface area contributed by atoms with E-state index in [0.717, 1.165) is 25.0 Å². The molecule has 104 valence electrons. The lowest BCUT2D eigenvalue weighted by Gasteiger charge is -2.23. The molecule has 0 radical (unpaired) electrons. The Morgan fingerprint density at radius 2 is 2.16 bits per heavy atom. The van der Waals surface area contributed by atoms with Gasteiger partial charge in [0.1, 0.15) is 17.7 Å². The van der Waals surface area contributed by atoms with Gasteiger partial charge in [-0.05, 0) is 43.4 Å². The first-order valence-electron chi connectivity index (χ1n) is 7.07. The number of nitrogens with one attached hydrogen (secondary N) is 1. The highest BCUT2D eigenvalue weighted by Crippen LogP contribution is 2.23. The van der Waals surface area contributed by atoms with Crippen LogP contribution in [0.15, 0.2) is 18.2 Å². The van der Waals surface area contributed by atoms with Gasteiger partial charge in [-0.2, -0.15) is 0 Å². The summed E-state index contributed by atoms with van der Waals surface area (Å²) in [6.45, 7) is 2.12. The van der Waals surface area contributed by atoms with Crippen LogP contribution in [-0.4, -0.2) is 25.4 Å². The van der Waals surface area contributed by atoms with Crippen molar-refractivity contribution in [2.45, 2.75) is 44.4 Å². The van der Waals surface area contributed by atoms with Crippen LogP contribution in [0.3, 0.4) is 0 Å². The van der Waals surface area contributed by atoms with Gasteiger partial charge in [0.2, 0.25) is 0 Å². The van der Waals surface area contributed by atoms with Gasteiger partial charge in [-0.25, -0.2) is 4.39 Å². The van der Waals surface area contributed by atoms with E-state index in [-0.39, 0.29) is 11.9 Å². The lowest BCUT2D eigenvalue weighted by atomic mass is 10.1. The van der Waals surface area contributed by atoms with Crippen molar-refractivity contribution in [1.29, 1.82) is 0 Å². The molecule has 1 aromatic rings. The van der Waals surface area contributed by atoms with Gasteiger partial charge in [-0.15, -0.1) is 0 Å². The van der Waals surface area contributed by atoms with Crippen molar-refractivity contribution in [3.8, 4) is 5.75 Å². The summed E-state index contributed by atoms with van der Waals surface area (Å²) in [5, 5.41) is 3.38. The van der Waals surface area contributed by atoms with Crippen molar-refractivity contribution in [1.82, 2.24) is 5.32 Å². The van der Waals surface area contributed by atoms with Crippen molar-refractivity contribution in [2.24, 2.45) is 0 Å². The Bertz CT molecular complexity index is 428. The number of ether oxygens (including phenoxy) is 2. The minimum absolute atomic E-state index is 0.0554. The van der Waals surface area contributed by atoms with E-state index in [2.05, 4.69) is 5.32 Å². The van der Waals surface area contributed by atoms with E-state index in [0.29, 0.717) is 24.9 Å². The van der Waals surface area contributed by atoms with Crippen LogP contribution in [-0.2, 0) is 11.3 Å². The molecule has 19 heavy (non-hydrogen) atoms. The predicted octanol–water partition coefficient (Wildman–Crippen LogP) is 2.64. The van der Waals surface area contributed by atoms with E-state index in [1.807, 2.05) is 6.07 Å². The summed E-state index contributed by atoms with van der Waals surface area (Å²) in [6, 6.07) is 5.57. The molecular weight excluding hydrogens is 245 g/mol. The van der Waals surface area contributed by atoms with E-state index in [9.17, 15) is 4.39 Å². The molecule has 0 bridgehead atoms. The molecule has 1 aliphatic heterocycles. The minimum atomic E-state index is -0.234. The zero-order valence-corrected chi connectivity index (χ0v) is 11.0. The maximum atomic E-state index is 13.6. The number of hydrogen-bond donors (Lipinski definition) is 1. The van der Waals surface area contributed by atoms with Gasteiger partial charge in [0, 0.05) is 25.3 Å².